The number of para-hydroxylation sites is 2. The Hall–Kier alpha value is -8.55. The number of benzene rings is 10. The highest BCUT2D eigenvalue weighted by Crippen LogP contribution is 2.57. The monoisotopic (exact) mass is 892 g/mol. The maximum atomic E-state index is 15.2. The van der Waals surface area contributed by atoms with Crippen LogP contribution in [-0.2, 0) is 5.41 Å². The average Bonchev–Trinajstić information content (AvgIpc) is 3.89. The Balaban J connectivity index is 1.03. The summed E-state index contributed by atoms with van der Waals surface area (Å²) >= 11 is 0. The van der Waals surface area contributed by atoms with Crippen molar-refractivity contribution in [2.45, 2.75) is 5.41 Å². The van der Waals surface area contributed by atoms with Crippen molar-refractivity contribution in [2.75, 3.05) is 4.90 Å². The van der Waals surface area contributed by atoms with Crippen LogP contribution in [0.1, 0.15) is 22.3 Å². The van der Waals surface area contributed by atoms with E-state index in [2.05, 4.69) is 162 Å². The third-order valence-electron chi connectivity index (χ3n) is 13.5. The van der Waals surface area contributed by atoms with Crippen LogP contribution in [0.4, 0.5) is 39.0 Å². The molecule has 1 aliphatic carbocycles. The minimum absolute atomic E-state index is 0.156. The molecule has 11 aromatic rings. The van der Waals surface area contributed by atoms with Crippen molar-refractivity contribution >= 4 is 38.9 Å². The zero-order valence-corrected chi connectivity index (χ0v) is 36.1. The fourth-order valence-corrected chi connectivity index (χ4v) is 10.5. The molecule has 0 N–H and O–H groups in total. The van der Waals surface area contributed by atoms with Gasteiger partial charge in [0.1, 0.15) is 0 Å². The van der Waals surface area contributed by atoms with Gasteiger partial charge in [0.15, 0.2) is 23.3 Å². The van der Waals surface area contributed by atoms with E-state index in [-0.39, 0.29) is 5.56 Å². The van der Waals surface area contributed by atoms with Crippen molar-refractivity contribution < 1.29 is 22.0 Å². The van der Waals surface area contributed by atoms with E-state index in [4.69, 9.17) is 0 Å². The topological polar surface area (TPSA) is 8.17 Å². The van der Waals surface area contributed by atoms with E-state index in [1.165, 1.54) is 12.1 Å². The van der Waals surface area contributed by atoms with Crippen molar-refractivity contribution in [3.05, 3.63) is 276 Å². The zero-order valence-electron chi connectivity index (χ0n) is 36.1. The summed E-state index contributed by atoms with van der Waals surface area (Å²) in [5.74, 6) is -9.97. The zero-order chi connectivity index (χ0) is 46.1. The van der Waals surface area contributed by atoms with Crippen molar-refractivity contribution in [2.24, 2.45) is 0 Å². The number of hydrogen-bond donors (Lipinski definition) is 0. The SMILES string of the molecule is Fc1c(F)c(F)c(-c2ccc(N(c3ccc(-c4ccc5c6ccccc6n(-c6ccccc6)c5c4)cc3)c3ccc4c(c3)C(c3ccccc3)(c3ccccc3)c3ccccc3-4)cc2)c(F)c1F. The third-order valence-corrected chi connectivity index (χ3v) is 13.5. The summed E-state index contributed by atoms with van der Waals surface area (Å²) in [6.07, 6.45) is 0. The summed E-state index contributed by atoms with van der Waals surface area (Å²) in [4.78, 5) is 2.05. The van der Waals surface area contributed by atoms with Gasteiger partial charge in [-0.05, 0) is 111 Å². The summed E-state index contributed by atoms with van der Waals surface area (Å²) in [5, 5.41) is 2.31. The Morgan fingerprint density at radius 3 is 1.47 bits per heavy atom. The third kappa shape index (κ3) is 6.23. The summed E-state index contributed by atoms with van der Waals surface area (Å²) in [7, 11) is 0. The van der Waals surface area contributed by atoms with Gasteiger partial charge >= 0.3 is 0 Å². The molecule has 0 saturated heterocycles. The minimum Gasteiger partial charge on any atom is -0.310 e. The van der Waals surface area contributed by atoms with Crippen LogP contribution in [0, 0.1) is 29.1 Å². The minimum atomic E-state index is -2.20. The van der Waals surface area contributed by atoms with Crippen LogP contribution in [0.3, 0.4) is 0 Å². The van der Waals surface area contributed by atoms with Gasteiger partial charge in [-0.3, -0.25) is 0 Å². The number of halogens is 5. The van der Waals surface area contributed by atoms with Crippen LogP contribution in [-0.4, -0.2) is 4.57 Å². The second-order valence-electron chi connectivity index (χ2n) is 17.1. The number of hydrogen-bond acceptors (Lipinski definition) is 1. The lowest BCUT2D eigenvalue weighted by atomic mass is 9.67. The maximum absolute atomic E-state index is 15.2. The average molecular weight is 893 g/mol. The van der Waals surface area contributed by atoms with E-state index in [0.717, 1.165) is 83.4 Å². The van der Waals surface area contributed by atoms with Gasteiger partial charge in [0, 0.05) is 33.5 Å². The molecule has 0 aliphatic heterocycles. The molecule has 0 bridgehead atoms. The molecule has 0 unspecified atom stereocenters. The van der Waals surface area contributed by atoms with Gasteiger partial charge in [0.25, 0.3) is 0 Å². The van der Waals surface area contributed by atoms with E-state index in [1.54, 1.807) is 12.1 Å². The number of aromatic nitrogens is 1. The summed E-state index contributed by atoms with van der Waals surface area (Å²) in [5.41, 5.74) is 12.2. The van der Waals surface area contributed by atoms with Gasteiger partial charge in [0.05, 0.1) is 22.0 Å². The van der Waals surface area contributed by atoms with E-state index < -0.39 is 40.1 Å². The van der Waals surface area contributed by atoms with Gasteiger partial charge in [0.2, 0.25) is 5.82 Å². The molecule has 7 heteroatoms. The molecule has 0 radical (unpaired) electrons. The first-order valence-electron chi connectivity index (χ1n) is 22.3. The number of nitrogens with zero attached hydrogens (tertiary/aromatic N) is 2. The van der Waals surface area contributed by atoms with Gasteiger partial charge < -0.3 is 9.47 Å². The first-order chi connectivity index (χ1) is 33.3. The molecular weight excluding hydrogens is 856 g/mol. The normalized spacial score (nSPS) is 12.6. The van der Waals surface area contributed by atoms with Crippen LogP contribution in [0.25, 0.3) is 60.9 Å². The lowest BCUT2D eigenvalue weighted by Gasteiger charge is -2.35. The molecule has 1 heterocycles. The van der Waals surface area contributed by atoms with Crippen LogP contribution >= 0.6 is 0 Å². The Bertz CT molecular complexity index is 3650. The highest BCUT2D eigenvalue weighted by atomic mass is 19.2. The second kappa shape index (κ2) is 16.1. The molecule has 0 atom stereocenters. The van der Waals surface area contributed by atoms with Crippen molar-refractivity contribution in [3.63, 3.8) is 0 Å². The molecule has 0 fully saturated rings. The lowest BCUT2D eigenvalue weighted by molar-refractivity contribution is 0.381. The number of rotatable bonds is 8. The molecule has 0 amide bonds. The van der Waals surface area contributed by atoms with Gasteiger partial charge in [-0.25, -0.2) is 22.0 Å². The Labute approximate surface area is 389 Å². The van der Waals surface area contributed by atoms with Crippen LogP contribution in [0.5, 0.6) is 0 Å². The quantitative estimate of drug-likeness (QED) is 0.0838. The summed E-state index contributed by atoms with van der Waals surface area (Å²) in [6.45, 7) is 0. The van der Waals surface area contributed by atoms with E-state index in [0.29, 0.717) is 5.69 Å². The molecule has 0 spiro atoms. The second-order valence-corrected chi connectivity index (χ2v) is 17.1. The van der Waals surface area contributed by atoms with E-state index in [9.17, 15) is 13.2 Å². The van der Waals surface area contributed by atoms with E-state index in [1.807, 2.05) is 47.4 Å². The lowest BCUT2D eigenvalue weighted by Crippen LogP contribution is -2.28. The smallest absolute Gasteiger partial charge is 0.200 e. The van der Waals surface area contributed by atoms with Crippen LogP contribution < -0.4 is 4.90 Å². The van der Waals surface area contributed by atoms with Crippen LogP contribution in [0.15, 0.2) is 224 Å². The van der Waals surface area contributed by atoms with Gasteiger partial charge in [-0.1, -0.05) is 164 Å². The molecule has 12 rings (SSSR count). The molecule has 326 valence electrons. The highest BCUT2D eigenvalue weighted by Gasteiger charge is 2.46. The van der Waals surface area contributed by atoms with E-state index >= 15 is 8.78 Å². The van der Waals surface area contributed by atoms with Crippen molar-refractivity contribution in [3.8, 4) is 39.1 Å². The molecule has 68 heavy (non-hydrogen) atoms. The molecular formula is C61H37F5N2. The number of fused-ring (bicyclic) bond motifs is 6. The summed E-state index contributed by atoms with van der Waals surface area (Å²) in [6, 6.07) is 75.3. The Morgan fingerprint density at radius 1 is 0.338 bits per heavy atom. The van der Waals surface area contributed by atoms with Crippen molar-refractivity contribution in [1.82, 2.24) is 4.57 Å². The highest BCUT2D eigenvalue weighted by molar-refractivity contribution is 6.10. The molecule has 10 aromatic carbocycles. The molecule has 0 saturated carbocycles. The fraction of sp³-hybridized carbons (Fsp3) is 0.0164. The fourth-order valence-electron chi connectivity index (χ4n) is 10.5. The first-order valence-corrected chi connectivity index (χ1v) is 22.3. The first kappa shape index (κ1) is 40.9. The maximum Gasteiger partial charge on any atom is 0.200 e. The standard InChI is InChI=1S/C61H37F5N2/c62-56-55(57(63)59(65)60(66)58(56)64)39-26-31-45(32-27-39)67(44-29-24-38(25-30-44)40-28-34-50-49-21-11-13-23-53(49)68(54(50)36-40)43-18-8-3-9-19-43)46-33-35-48-47-20-10-12-22-51(47)61(52(48)37-46,41-14-4-1-5-15-41)42-16-6-2-7-17-42/h1-37H. The molecule has 1 aromatic heterocycles. The van der Waals surface area contributed by atoms with Crippen LogP contribution in [0.2, 0.25) is 0 Å². The Kier molecular flexibility index (Phi) is 9.69. The molecule has 1 aliphatic rings. The van der Waals surface area contributed by atoms with Crippen molar-refractivity contribution in [1.29, 1.82) is 0 Å². The Morgan fingerprint density at radius 2 is 0.824 bits per heavy atom. The number of anilines is 3. The predicted molar refractivity (Wildman–Crippen MR) is 263 cm³/mol. The largest absolute Gasteiger partial charge is 0.310 e. The van der Waals surface area contributed by atoms with Gasteiger partial charge in [-0.2, -0.15) is 0 Å². The van der Waals surface area contributed by atoms with Gasteiger partial charge in [-0.15, -0.1) is 0 Å². The predicted octanol–water partition coefficient (Wildman–Crippen LogP) is 16.6. The summed E-state index contributed by atoms with van der Waals surface area (Å²) < 4.78 is 75.7. The molecule has 2 nitrogen and oxygen atoms in total.